The number of carbonyl (C=O) groups excluding carboxylic acids is 1. The Morgan fingerprint density at radius 3 is 2.81 bits per heavy atom. The van der Waals surface area contributed by atoms with E-state index in [4.69, 9.17) is 11.6 Å². The van der Waals surface area contributed by atoms with Crippen molar-refractivity contribution in [1.82, 2.24) is 14.9 Å². The Labute approximate surface area is 128 Å². The summed E-state index contributed by atoms with van der Waals surface area (Å²) in [5, 5.41) is 2.66. The standard InChI is InChI=1S/C15H19ClFN3O/c1-15(2,14(21)18-3)9-20-11-6-4-5-10(17)13(11)19-12(20)7-8-16/h4-6H,7-9H2,1-3H3,(H,18,21). The molecule has 1 amide bonds. The lowest BCUT2D eigenvalue weighted by Crippen LogP contribution is -2.38. The highest BCUT2D eigenvalue weighted by atomic mass is 35.5. The number of imidazole rings is 1. The summed E-state index contributed by atoms with van der Waals surface area (Å²) in [7, 11) is 1.61. The second-order valence-electron chi connectivity index (χ2n) is 5.62. The fourth-order valence-electron chi connectivity index (χ4n) is 2.42. The van der Waals surface area contributed by atoms with Crippen LogP contribution in [0.15, 0.2) is 18.2 Å². The van der Waals surface area contributed by atoms with Crippen LogP contribution < -0.4 is 5.32 Å². The zero-order valence-electron chi connectivity index (χ0n) is 12.4. The second-order valence-corrected chi connectivity index (χ2v) is 6.00. The molecule has 1 aromatic heterocycles. The van der Waals surface area contributed by atoms with Gasteiger partial charge >= 0.3 is 0 Å². The van der Waals surface area contributed by atoms with E-state index in [2.05, 4.69) is 10.3 Å². The van der Waals surface area contributed by atoms with Crippen molar-refractivity contribution in [2.45, 2.75) is 26.8 Å². The van der Waals surface area contributed by atoms with Crippen LogP contribution in [0, 0.1) is 11.2 Å². The maximum atomic E-state index is 13.9. The number of halogens is 2. The summed E-state index contributed by atoms with van der Waals surface area (Å²) in [6.45, 7) is 4.11. The minimum atomic E-state index is -0.629. The predicted molar refractivity (Wildman–Crippen MR) is 82.0 cm³/mol. The van der Waals surface area contributed by atoms with Gasteiger partial charge in [0.2, 0.25) is 5.91 Å². The summed E-state index contributed by atoms with van der Waals surface area (Å²) < 4.78 is 15.8. The molecule has 0 radical (unpaired) electrons. The van der Waals surface area contributed by atoms with Gasteiger partial charge in [0.05, 0.1) is 10.9 Å². The molecule has 2 rings (SSSR count). The van der Waals surface area contributed by atoms with Crippen LogP contribution in [0.4, 0.5) is 4.39 Å². The Balaban J connectivity index is 2.53. The highest BCUT2D eigenvalue weighted by Gasteiger charge is 2.29. The largest absolute Gasteiger partial charge is 0.359 e. The molecule has 0 atom stereocenters. The molecule has 0 spiro atoms. The van der Waals surface area contributed by atoms with Crippen molar-refractivity contribution in [3.05, 3.63) is 29.8 Å². The van der Waals surface area contributed by atoms with Crippen LogP contribution in [0.1, 0.15) is 19.7 Å². The van der Waals surface area contributed by atoms with E-state index < -0.39 is 5.41 Å². The van der Waals surface area contributed by atoms with Crippen LogP contribution in [-0.4, -0.2) is 28.4 Å². The average Bonchev–Trinajstić information content (AvgIpc) is 2.78. The van der Waals surface area contributed by atoms with E-state index in [1.54, 1.807) is 13.1 Å². The first-order valence-corrected chi connectivity index (χ1v) is 7.36. The molecule has 1 N–H and O–H groups in total. The Hall–Kier alpha value is -1.62. The number of alkyl halides is 1. The van der Waals surface area contributed by atoms with Gasteiger partial charge in [-0.15, -0.1) is 11.6 Å². The van der Waals surface area contributed by atoms with E-state index in [1.165, 1.54) is 6.07 Å². The predicted octanol–water partition coefficient (Wildman–Crippen LogP) is 2.73. The number of hydrogen-bond donors (Lipinski definition) is 1. The van der Waals surface area contributed by atoms with Crippen molar-refractivity contribution in [3.63, 3.8) is 0 Å². The summed E-state index contributed by atoms with van der Waals surface area (Å²) in [5.74, 6) is 0.658. The molecule has 0 saturated heterocycles. The van der Waals surface area contributed by atoms with Crippen molar-refractivity contribution in [2.75, 3.05) is 12.9 Å². The van der Waals surface area contributed by atoms with Gasteiger partial charge in [0.15, 0.2) is 5.82 Å². The lowest BCUT2D eigenvalue weighted by atomic mass is 9.92. The first-order valence-electron chi connectivity index (χ1n) is 6.82. The summed E-state index contributed by atoms with van der Waals surface area (Å²) in [6, 6.07) is 4.84. The number of aromatic nitrogens is 2. The van der Waals surface area contributed by atoms with E-state index in [9.17, 15) is 9.18 Å². The molecule has 2 aromatic rings. The highest BCUT2D eigenvalue weighted by molar-refractivity contribution is 6.17. The van der Waals surface area contributed by atoms with E-state index in [0.717, 1.165) is 0 Å². The molecule has 21 heavy (non-hydrogen) atoms. The van der Waals surface area contributed by atoms with Crippen molar-refractivity contribution in [3.8, 4) is 0 Å². The first-order chi connectivity index (χ1) is 9.90. The molecule has 0 bridgehead atoms. The quantitative estimate of drug-likeness (QED) is 0.863. The number of hydrogen-bond acceptors (Lipinski definition) is 2. The van der Waals surface area contributed by atoms with E-state index in [1.807, 2.05) is 24.5 Å². The van der Waals surface area contributed by atoms with Crippen LogP contribution in [0.5, 0.6) is 0 Å². The Morgan fingerprint density at radius 1 is 1.48 bits per heavy atom. The average molecular weight is 312 g/mol. The van der Waals surface area contributed by atoms with Gasteiger partial charge in [-0.1, -0.05) is 6.07 Å². The summed E-state index contributed by atoms with van der Waals surface area (Å²) >= 11 is 5.81. The summed E-state index contributed by atoms with van der Waals surface area (Å²) in [4.78, 5) is 16.3. The van der Waals surface area contributed by atoms with Crippen molar-refractivity contribution < 1.29 is 9.18 Å². The van der Waals surface area contributed by atoms with E-state index in [0.29, 0.717) is 35.7 Å². The van der Waals surface area contributed by atoms with Gasteiger partial charge in [0.25, 0.3) is 0 Å². The van der Waals surface area contributed by atoms with Crippen molar-refractivity contribution in [1.29, 1.82) is 0 Å². The molecule has 0 fully saturated rings. The van der Waals surface area contributed by atoms with Gasteiger partial charge in [-0.05, 0) is 26.0 Å². The fourth-order valence-corrected chi connectivity index (χ4v) is 2.59. The summed E-state index contributed by atoms with van der Waals surface area (Å²) in [5.41, 5.74) is 0.382. The number of para-hydroxylation sites is 1. The third-order valence-corrected chi connectivity index (χ3v) is 3.71. The normalized spacial score (nSPS) is 11.9. The molecule has 0 saturated carbocycles. The maximum Gasteiger partial charge on any atom is 0.227 e. The van der Waals surface area contributed by atoms with Crippen LogP contribution >= 0.6 is 11.6 Å². The van der Waals surface area contributed by atoms with Crippen molar-refractivity contribution >= 4 is 28.5 Å². The molecule has 4 nitrogen and oxygen atoms in total. The van der Waals surface area contributed by atoms with Crippen LogP contribution in [-0.2, 0) is 17.8 Å². The molecule has 0 aliphatic heterocycles. The zero-order chi connectivity index (χ0) is 15.6. The number of carbonyl (C=O) groups is 1. The molecule has 1 heterocycles. The van der Waals surface area contributed by atoms with Crippen LogP contribution in [0.25, 0.3) is 11.0 Å². The van der Waals surface area contributed by atoms with Gasteiger partial charge in [0.1, 0.15) is 11.3 Å². The maximum absolute atomic E-state index is 13.9. The molecule has 6 heteroatoms. The third kappa shape index (κ3) is 3.02. The Bertz CT molecular complexity index is 666. The number of fused-ring (bicyclic) bond motifs is 1. The SMILES string of the molecule is CNC(=O)C(C)(C)Cn1c(CCCl)nc2c(F)cccc21. The minimum absolute atomic E-state index is 0.0717. The molecular weight excluding hydrogens is 293 g/mol. The van der Waals surface area contributed by atoms with E-state index in [-0.39, 0.29) is 11.7 Å². The molecule has 1 aromatic carbocycles. The van der Waals surface area contributed by atoms with Gasteiger partial charge in [0, 0.05) is 25.9 Å². The zero-order valence-corrected chi connectivity index (χ0v) is 13.2. The number of nitrogens with zero attached hydrogens (tertiary/aromatic N) is 2. The number of benzene rings is 1. The third-order valence-electron chi connectivity index (χ3n) is 3.52. The lowest BCUT2D eigenvalue weighted by molar-refractivity contribution is -0.129. The summed E-state index contributed by atoms with van der Waals surface area (Å²) in [6.07, 6.45) is 0.527. The minimum Gasteiger partial charge on any atom is -0.359 e. The lowest BCUT2D eigenvalue weighted by Gasteiger charge is -2.24. The molecule has 0 aliphatic carbocycles. The van der Waals surface area contributed by atoms with Crippen LogP contribution in [0.2, 0.25) is 0 Å². The van der Waals surface area contributed by atoms with Gasteiger partial charge in [-0.2, -0.15) is 0 Å². The van der Waals surface area contributed by atoms with Gasteiger partial charge in [-0.3, -0.25) is 4.79 Å². The number of aryl methyl sites for hydroxylation is 1. The monoisotopic (exact) mass is 311 g/mol. The van der Waals surface area contributed by atoms with E-state index >= 15 is 0 Å². The van der Waals surface area contributed by atoms with Gasteiger partial charge < -0.3 is 9.88 Å². The Morgan fingerprint density at radius 2 is 2.19 bits per heavy atom. The number of rotatable bonds is 5. The molecule has 0 aliphatic rings. The van der Waals surface area contributed by atoms with Gasteiger partial charge in [-0.25, -0.2) is 9.37 Å². The topological polar surface area (TPSA) is 46.9 Å². The molecular formula is C15H19ClFN3O. The number of nitrogens with one attached hydrogen (secondary N) is 1. The van der Waals surface area contributed by atoms with Crippen LogP contribution in [0.3, 0.4) is 0 Å². The molecule has 0 unspecified atom stereocenters. The Kier molecular flexibility index (Phi) is 4.52. The molecule has 114 valence electrons. The fraction of sp³-hybridized carbons (Fsp3) is 0.467. The first kappa shape index (κ1) is 15.8. The second kappa shape index (κ2) is 6.02. The highest BCUT2D eigenvalue weighted by Crippen LogP contribution is 2.25. The smallest absolute Gasteiger partial charge is 0.227 e. The van der Waals surface area contributed by atoms with Crippen molar-refractivity contribution in [2.24, 2.45) is 5.41 Å². The number of amides is 1.